The van der Waals surface area contributed by atoms with E-state index in [9.17, 15) is 34.5 Å². The Morgan fingerprint density at radius 1 is 1.05 bits per heavy atom. The van der Waals surface area contributed by atoms with Gasteiger partial charge in [-0.05, 0) is 66.5 Å². The number of aliphatic hydroxyl groups is 2. The van der Waals surface area contributed by atoms with Crippen LogP contribution in [-0.4, -0.2) is 64.3 Å². The SMILES string of the molecule is CON(C)CC(=O)Nc1ccc(-c2ccc(O)c3c2CC2CC4CC(O)=C(C(C)=O)C(=O)C4C(O)=C2C3=O)cc1. The lowest BCUT2D eigenvalue weighted by Gasteiger charge is -2.41. The Kier molecular flexibility index (Phi) is 7.07. The summed E-state index contributed by atoms with van der Waals surface area (Å²) < 4.78 is 0. The number of hydrogen-bond acceptors (Lipinski definition) is 9. The number of phenolic OH excluding ortho intramolecular Hbond substituents is 1. The van der Waals surface area contributed by atoms with E-state index in [1.807, 2.05) is 0 Å². The highest BCUT2D eigenvalue weighted by molar-refractivity contribution is 6.22. The van der Waals surface area contributed by atoms with Crippen molar-refractivity contribution in [3.05, 3.63) is 70.2 Å². The molecule has 40 heavy (non-hydrogen) atoms. The lowest BCUT2D eigenvalue weighted by molar-refractivity contribution is -0.137. The molecule has 0 aromatic heterocycles. The van der Waals surface area contributed by atoms with Gasteiger partial charge in [-0.15, -0.1) is 0 Å². The lowest BCUT2D eigenvalue weighted by Crippen LogP contribution is -2.42. The van der Waals surface area contributed by atoms with Crippen molar-refractivity contribution in [1.82, 2.24) is 5.06 Å². The second-order valence-corrected chi connectivity index (χ2v) is 10.5. The number of aliphatic hydroxyl groups excluding tert-OH is 2. The van der Waals surface area contributed by atoms with Crippen LogP contribution in [0.3, 0.4) is 0 Å². The number of hydrogen-bond donors (Lipinski definition) is 4. The average molecular weight is 547 g/mol. The molecule has 3 aliphatic carbocycles. The number of anilines is 1. The van der Waals surface area contributed by atoms with Gasteiger partial charge in [0, 0.05) is 24.7 Å². The van der Waals surface area contributed by atoms with E-state index in [0.717, 1.165) is 11.1 Å². The van der Waals surface area contributed by atoms with Crippen LogP contribution in [0.15, 0.2) is 59.1 Å². The maximum Gasteiger partial charge on any atom is 0.240 e. The van der Waals surface area contributed by atoms with Crippen molar-refractivity contribution < 1.29 is 39.3 Å². The third-order valence-corrected chi connectivity index (χ3v) is 8.03. The number of Topliss-reactive ketones (excluding diaryl/α,β-unsaturated/α-hetero) is 3. The largest absolute Gasteiger partial charge is 0.511 e. The summed E-state index contributed by atoms with van der Waals surface area (Å²) in [4.78, 5) is 56.0. The predicted molar refractivity (Wildman–Crippen MR) is 145 cm³/mol. The van der Waals surface area contributed by atoms with E-state index in [0.29, 0.717) is 24.1 Å². The molecule has 3 unspecified atom stereocenters. The highest BCUT2D eigenvalue weighted by Crippen LogP contribution is 2.50. The van der Waals surface area contributed by atoms with E-state index in [2.05, 4.69) is 5.32 Å². The van der Waals surface area contributed by atoms with Gasteiger partial charge in [-0.2, -0.15) is 5.06 Å². The van der Waals surface area contributed by atoms with E-state index in [-0.39, 0.29) is 52.9 Å². The zero-order valence-electron chi connectivity index (χ0n) is 22.4. The first-order valence-corrected chi connectivity index (χ1v) is 13.0. The number of nitrogens with one attached hydrogen (secondary N) is 1. The molecule has 0 spiro atoms. The Morgan fingerprint density at radius 3 is 2.40 bits per heavy atom. The molecule has 0 heterocycles. The Balaban J connectivity index is 1.49. The Morgan fingerprint density at radius 2 is 1.75 bits per heavy atom. The van der Waals surface area contributed by atoms with Gasteiger partial charge in [-0.1, -0.05) is 18.2 Å². The maximum atomic E-state index is 13.7. The van der Waals surface area contributed by atoms with Crippen LogP contribution in [0.1, 0.15) is 35.7 Å². The molecule has 0 saturated carbocycles. The maximum absolute atomic E-state index is 13.7. The van der Waals surface area contributed by atoms with Gasteiger partial charge >= 0.3 is 0 Å². The van der Waals surface area contributed by atoms with Gasteiger partial charge in [-0.25, -0.2) is 0 Å². The van der Waals surface area contributed by atoms with Crippen LogP contribution in [-0.2, 0) is 25.6 Å². The minimum absolute atomic E-state index is 0.0486. The van der Waals surface area contributed by atoms with E-state index in [1.54, 1.807) is 37.4 Å². The van der Waals surface area contributed by atoms with Gasteiger partial charge in [0.2, 0.25) is 5.91 Å². The van der Waals surface area contributed by atoms with Crippen LogP contribution in [0.25, 0.3) is 11.1 Å². The quantitative estimate of drug-likeness (QED) is 0.314. The normalized spacial score (nSPS) is 22.1. The van der Waals surface area contributed by atoms with Crippen molar-refractivity contribution in [2.24, 2.45) is 17.8 Å². The highest BCUT2D eigenvalue weighted by atomic mass is 16.7. The number of carbonyl (C=O) groups is 4. The van der Waals surface area contributed by atoms with Gasteiger partial charge in [0.25, 0.3) is 0 Å². The number of ketones is 3. The first kappa shape index (κ1) is 27.3. The number of fused-ring (bicyclic) bond motifs is 3. The Labute approximate surface area is 230 Å². The molecule has 0 bridgehead atoms. The number of carbonyl (C=O) groups excluding carboxylic acids is 4. The van der Waals surface area contributed by atoms with Crippen LogP contribution in [0, 0.1) is 17.8 Å². The molecule has 208 valence electrons. The first-order valence-electron chi connectivity index (χ1n) is 13.0. The lowest BCUT2D eigenvalue weighted by atomic mass is 9.62. The molecule has 0 aliphatic heterocycles. The molecule has 0 radical (unpaired) electrons. The molecule has 10 heteroatoms. The molecule has 4 N–H and O–H groups in total. The zero-order valence-corrected chi connectivity index (χ0v) is 22.4. The standard InChI is InChI=1S/C30H30N2O8/c1-14(33)24-22(35)12-17-10-16-11-20-19(15-4-6-18(7-5-15)31-23(36)13-32(2)40-3)8-9-21(34)27(20)30(39)25(16)29(38)26(17)28(24)37/h4-9,16-17,26,34-35,38H,10-13H2,1-3H3,(H,31,36). The molecule has 2 aromatic rings. The fourth-order valence-electron chi connectivity index (χ4n) is 6.22. The summed E-state index contributed by atoms with van der Waals surface area (Å²) in [6.45, 7) is 1.23. The second kappa shape index (κ2) is 10.4. The number of allylic oxidation sites excluding steroid dienone is 4. The van der Waals surface area contributed by atoms with Crippen LogP contribution in [0.4, 0.5) is 5.69 Å². The monoisotopic (exact) mass is 546 g/mol. The predicted octanol–water partition coefficient (Wildman–Crippen LogP) is 3.67. The van der Waals surface area contributed by atoms with E-state index < -0.39 is 35.1 Å². The highest BCUT2D eigenvalue weighted by Gasteiger charge is 2.50. The first-order chi connectivity index (χ1) is 19.0. The zero-order chi connectivity index (χ0) is 28.9. The molecule has 1 amide bonds. The molecule has 0 fully saturated rings. The minimum atomic E-state index is -1.08. The number of nitrogens with zero attached hydrogens (tertiary/aromatic N) is 1. The molecule has 3 atom stereocenters. The summed E-state index contributed by atoms with van der Waals surface area (Å²) in [6, 6.07) is 10.2. The number of likely N-dealkylation sites (N-methyl/N-ethyl adjacent to an activating group) is 1. The summed E-state index contributed by atoms with van der Waals surface area (Å²) in [5.41, 5.74) is 2.51. The third-order valence-electron chi connectivity index (χ3n) is 8.03. The smallest absolute Gasteiger partial charge is 0.240 e. The number of rotatable bonds is 6. The van der Waals surface area contributed by atoms with Gasteiger partial charge < -0.3 is 25.5 Å². The van der Waals surface area contributed by atoms with Crippen LogP contribution < -0.4 is 5.32 Å². The number of benzene rings is 2. The molecular formula is C30H30N2O8. The topological polar surface area (TPSA) is 153 Å². The number of phenols is 1. The van der Waals surface area contributed by atoms with Crippen LogP contribution in [0.2, 0.25) is 0 Å². The summed E-state index contributed by atoms with van der Waals surface area (Å²) in [7, 11) is 3.11. The minimum Gasteiger partial charge on any atom is -0.511 e. The van der Waals surface area contributed by atoms with Gasteiger partial charge in [0.15, 0.2) is 17.3 Å². The van der Waals surface area contributed by atoms with Crippen molar-refractivity contribution in [2.75, 3.05) is 26.0 Å². The van der Waals surface area contributed by atoms with Crippen LogP contribution >= 0.6 is 0 Å². The fourth-order valence-corrected chi connectivity index (χ4v) is 6.22. The number of hydroxylamine groups is 2. The molecular weight excluding hydrogens is 516 g/mol. The van der Waals surface area contributed by atoms with Crippen molar-refractivity contribution in [1.29, 1.82) is 0 Å². The fraction of sp³-hybridized carbons (Fsp3) is 0.333. The molecule has 2 aromatic carbocycles. The van der Waals surface area contributed by atoms with Crippen molar-refractivity contribution in [3.63, 3.8) is 0 Å². The molecule has 5 rings (SSSR count). The van der Waals surface area contributed by atoms with Gasteiger partial charge in [0.1, 0.15) is 23.8 Å². The van der Waals surface area contributed by atoms with E-state index in [4.69, 9.17) is 4.84 Å². The summed E-state index contributed by atoms with van der Waals surface area (Å²) in [5.74, 6) is -4.93. The summed E-state index contributed by atoms with van der Waals surface area (Å²) >= 11 is 0. The molecule has 3 aliphatic rings. The average Bonchev–Trinajstić information content (AvgIpc) is 2.88. The Hall–Kier alpha value is -4.28. The summed E-state index contributed by atoms with van der Waals surface area (Å²) in [6.07, 6.45) is 0.736. The second-order valence-electron chi connectivity index (χ2n) is 10.5. The molecule has 0 saturated heterocycles. The van der Waals surface area contributed by atoms with Gasteiger partial charge in [0.05, 0.1) is 24.2 Å². The van der Waals surface area contributed by atoms with E-state index >= 15 is 0 Å². The van der Waals surface area contributed by atoms with Crippen LogP contribution in [0.5, 0.6) is 5.75 Å². The van der Waals surface area contributed by atoms with Crippen molar-refractivity contribution >= 4 is 28.9 Å². The summed E-state index contributed by atoms with van der Waals surface area (Å²) in [5, 5.41) is 36.5. The Bertz CT molecular complexity index is 1500. The van der Waals surface area contributed by atoms with Crippen molar-refractivity contribution in [2.45, 2.75) is 26.2 Å². The number of amides is 1. The molecule has 10 nitrogen and oxygen atoms in total. The third kappa shape index (κ3) is 4.59. The van der Waals surface area contributed by atoms with E-state index in [1.165, 1.54) is 25.2 Å². The van der Waals surface area contributed by atoms with Gasteiger partial charge in [-0.3, -0.25) is 19.2 Å². The van der Waals surface area contributed by atoms with Crippen molar-refractivity contribution in [3.8, 4) is 16.9 Å². The number of aromatic hydroxyl groups is 1.